The normalized spacial score (nSPS) is 18.2. The summed E-state index contributed by atoms with van der Waals surface area (Å²) in [5, 5.41) is 22.4. The molecule has 3 atom stereocenters. The maximum Gasteiger partial charge on any atom is 0.289 e. The van der Waals surface area contributed by atoms with Crippen molar-refractivity contribution in [1.82, 2.24) is 21.3 Å². The van der Waals surface area contributed by atoms with Crippen LogP contribution in [-0.2, 0) is 29.6 Å². The first-order valence-corrected chi connectivity index (χ1v) is 13.7. The van der Waals surface area contributed by atoms with Crippen molar-refractivity contribution in [2.24, 2.45) is 11.8 Å². The van der Waals surface area contributed by atoms with Gasteiger partial charge in [0.15, 0.2) is 5.60 Å². The molecule has 212 valence electrons. The van der Waals surface area contributed by atoms with Gasteiger partial charge in [0.1, 0.15) is 6.04 Å². The van der Waals surface area contributed by atoms with Crippen LogP contribution in [0, 0.1) is 11.8 Å². The molecule has 10 heteroatoms. The number of fused-ring (bicyclic) bond motifs is 3. The Morgan fingerprint density at radius 1 is 0.975 bits per heavy atom. The van der Waals surface area contributed by atoms with E-state index in [0.717, 1.165) is 11.1 Å². The molecule has 10 nitrogen and oxygen atoms in total. The highest BCUT2D eigenvalue weighted by Gasteiger charge is 2.48. The molecule has 40 heavy (non-hydrogen) atoms. The number of likely N-dealkylation sites (N-methyl/N-ethyl adjacent to an activating group) is 1. The summed E-state index contributed by atoms with van der Waals surface area (Å²) in [4.78, 5) is 64.9. The number of aliphatic hydroxyl groups is 1. The van der Waals surface area contributed by atoms with E-state index < -0.39 is 47.1 Å². The first kappa shape index (κ1) is 28.9. The Labute approximate surface area is 233 Å². The Bertz CT molecular complexity index is 1280. The van der Waals surface area contributed by atoms with Crippen molar-refractivity contribution in [3.05, 3.63) is 59.7 Å². The van der Waals surface area contributed by atoms with E-state index in [1.807, 2.05) is 38.1 Å². The van der Waals surface area contributed by atoms with Crippen LogP contribution in [0.3, 0.4) is 0 Å². The third kappa shape index (κ3) is 5.62. The maximum atomic E-state index is 13.8. The fourth-order valence-corrected chi connectivity index (χ4v) is 5.49. The highest BCUT2D eigenvalue weighted by atomic mass is 16.3. The van der Waals surface area contributed by atoms with Gasteiger partial charge in [0, 0.05) is 30.1 Å². The molecule has 1 aliphatic carbocycles. The average Bonchev–Trinajstić information content (AvgIpc) is 3.46. The second-order valence-electron chi connectivity index (χ2n) is 10.8. The SMILES string of the molecule is CCNC(=O)C(=O)[C@H](C[C@@H]1CCNC1=O)NC(=O)[C@@H](CC(C)C)NC(=O)C1(O)c2ccccc2-c2ccccc21. The molecule has 2 aromatic rings. The minimum Gasteiger partial charge on any atom is -0.372 e. The van der Waals surface area contributed by atoms with Crippen LogP contribution >= 0.6 is 0 Å². The first-order valence-electron chi connectivity index (χ1n) is 13.7. The summed E-state index contributed by atoms with van der Waals surface area (Å²) in [5.41, 5.74) is 0.245. The van der Waals surface area contributed by atoms with Crippen molar-refractivity contribution >= 4 is 29.4 Å². The molecule has 2 aliphatic rings. The van der Waals surface area contributed by atoms with E-state index in [0.29, 0.717) is 24.1 Å². The average molecular weight is 549 g/mol. The summed E-state index contributed by atoms with van der Waals surface area (Å²) < 4.78 is 0. The van der Waals surface area contributed by atoms with Crippen LogP contribution < -0.4 is 21.3 Å². The standard InChI is InChI=1S/C30H36N4O6/c1-4-31-28(38)25(35)23(16-18-13-14-32-26(18)36)33-27(37)24(15-17(2)3)34-29(39)30(40)21-11-7-5-9-19(21)20-10-6-8-12-22(20)30/h5-12,17-18,23-24,40H,4,13-16H2,1-3H3,(H,31,38)(H,32,36)(H,33,37)(H,34,39)/t18-,23-,24+/m0/s1. The van der Waals surface area contributed by atoms with Gasteiger partial charge in [-0.1, -0.05) is 62.4 Å². The van der Waals surface area contributed by atoms with E-state index in [4.69, 9.17) is 0 Å². The van der Waals surface area contributed by atoms with Gasteiger partial charge in [-0.15, -0.1) is 0 Å². The Morgan fingerprint density at radius 3 is 2.10 bits per heavy atom. The number of amides is 4. The lowest BCUT2D eigenvalue weighted by Gasteiger charge is -2.29. The van der Waals surface area contributed by atoms with Crippen molar-refractivity contribution in [2.75, 3.05) is 13.1 Å². The summed E-state index contributed by atoms with van der Waals surface area (Å²) in [6.45, 7) is 6.10. The zero-order chi connectivity index (χ0) is 29.0. The van der Waals surface area contributed by atoms with Gasteiger partial charge in [-0.2, -0.15) is 0 Å². The van der Waals surface area contributed by atoms with Crippen LogP contribution in [0.15, 0.2) is 48.5 Å². The number of nitrogens with one attached hydrogen (secondary N) is 4. The molecule has 1 fully saturated rings. The van der Waals surface area contributed by atoms with E-state index >= 15 is 0 Å². The van der Waals surface area contributed by atoms with Gasteiger partial charge in [0.2, 0.25) is 17.6 Å². The molecule has 0 unspecified atom stereocenters. The second-order valence-corrected chi connectivity index (χ2v) is 10.8. The van der Waals surface area contributed by atoms with Crippen molar-refractivity contribution < 1.29 is 29.1 Å². The highest BCUT2D eigenvalue weighted by molar-refractivity contribution is 6.38. The predicted octanol–water partition coefficient (Wildman–Crippen LogP) is 1.15. The molecular weight excluding hydrogens is 512 g/mol. The van der Waals surface area contributed by atoms with E-state index in [1.165, 1.54) is 0 Å². The largest absolute Gasteiger partial charge is 0.372 e. The van der Waals surface area contributed by atoms with Gasteiger partial charge in [0.05, 0.1) is 6.04 Å². The lowest BCUT2D eigenvalue weighted by atomic mass is 9.89. The first-order chi connectivity index (χ1) is 19.1. The Hall–Kier alpha value is -4.05. The molecular formula is C30H36N4O6. The molecule has 0 spiro atoms. The van der Waals surface area contributed by atoms with Gasteiger partial charge >= 0.3 is 0 Å². The van der Waals surface area contributed by atoms with Gasteiger partial charge in [0.25, 0.3) is 11.8 Å². The van der Waals surface area contributed by atoms with Crippen molar-refractivity contribution in [3.63, 3.8) is 0 Å². The fourth-order valence-electron chi connectivity index (χ4n) is 5.49. The summed E-state index contributed by atoms with van der Waals surface area (Å²) >= 11 is 0. The van der Waals surface area contributed by atoms with Gasteiger partial charge in [-0.3, -0.25) is 24.0 Å². The molecule has 1 heterocycles. The molecule has 0 aromatic heterocycles. The number of benzene rings is 2. The van der Waals surface area contributed by atoms with Gasteiger partial charge in [-0.05, 0) is 43.2 Å². The molecule has 0 bridgehead atoms. The number of carbonyl (C=O) groups excluding carboxylic acids is 5. The lowest BCUT2D eigenvalue weighted by molar-refractivity contribution is -0.142. The quantitative estimate of drug-likeness (QED) is 0.266. The molecule has 2 aromatic carbocycles. The molecule has 1 saturated heterocycles. The predicted molar refractivity (Wildman–Crippen MR) is 148 cm³/mol. The van der Waals surface area contributed by atoms with Gasteiger partial charge < -0.3 is 26.4 Å². The van der Waals surface area contributed by atoms with E-state index in [1.54, 1.807) is 31.2 Å². The lowest BCUT2D eigenvalue weighted by Crippen LogP contribution is -2.57. The van der Waals surface area contributed by atoms with E-state index in [-0.39, 0.29) is 31.2 Å². The highest BCUT2D eigenvalue weighted by Crippen LogP contribution is 2.47. The Kier molecular flexibility index (Phi) is 8.68. The summed E-state index contributed by atoms with van der Waals surface area (Å²) in [6.07, 6.45) is 0.648. The summed E-state index contributed by atoms with van der Waals surface area (Å²) in [5.74, 6) is -3.97. The number of hydrogen-bond acceptors (Lipinski definition) is 6. The van der Waals surface area contributed by atoms with Crippen LogP contribution in [-0.4, -0.2) is 59.7 Å². The van der Waals surface area contributed by atoms with Crippen molar-refractivity contribution in [3.8, 4) is 11.1 Å². The molecule has 1 aliphatic heterocycles. The van der Waals surface area contributed by atoms with Crippen LogP contribution in [0.4, 0.5) is 0 Å². The van der Waals surface area contributed by atoms with Crippen LogP contribution in [0.5, 0.6) is 0 Å². The molecule has 5 N–H and O–H groups in total. The second kappa shape index (κ2) is 12.0. The Morgan fingerprint density at radius 2 is 1.57 bits per heavy atom. The number of rotatable bonds is 11. The monoisotopic (exact) mass is 548 g/mol. The number of hydrogen-bond donors (Lipinski definition) is 5. The number of Topliss-reactive ketones (excluding diaryl/α,β-unsaturated/α-hetero) is 1. The zero-order valence-electron chi connectivity index (χ0n) is 23.0. The molecule has 4 amide bonds. The maximum absolute atomic E-state index is 13.8. The van der Waals surface area contributed by atoms with E-state index in [9.17, 15) is 29.1 Å². The Balaban J connectivity index is 1.60. The summed E-state index contributed by atoms with van der Waals surface area (Å²) in [6, 6.07) is 11.8. The van der Waals surface area contributed by atoms with Crippen LogP contribution in [0.2, 0.25) is 0 Å². The zero-order valence-corrected chi connectivity index (χ0v) is 23.0. The van der Waals surface area contributed by atoms with Crippen molar-refractivity contribution in [1.29, 1.82) is 0 Å². The smallest absolute Gasteiger partial charge is 0.289 e. The van der Waals surface area contributed by atoms with Crippen LogP contribution in [0.25, 0.3) is 11.1 Å². The van der Waals surface area contributed by atoms with Crippen LogP contribution in [0.1, 0.15) is 51.2 Å². The molecule has 0 saturated carbocycles. The van der Waals surface area contributed by atoms with Gasteiger partial charge in [-0.25, -0.2) is 0 Å². The molecule has 4 rings (SSSR count). The van der Waals surface area contributed by atoms with E-state index in [2.05, 4.69) is 21.3 Å². The number of ketones is 1. The van der Waals surface area contributed by atoms with Crippen molar-refractivity contribution in [2.45, 2.75) is 57.7 Å². The minimum atomic E-state index is -2.03. The minimum absolute atomic E-state index is 0.0352. The third-order valence-corrected chi connectivity index (χ3v) is 7.46. The summed E-state index contributed by atoms with van der Waals surface area (Å²) in [7, 11) is 0. The number of carbonyl (C=O) groups is 5. The third-order valence-electron chi connectivity index (χ3n) is 7.46. The fraction of sp³-hybridized carbons (Fsp3) is 0.433. The topological polar surface area (TPSA) is 154 Å². The molecule has 0 radical (unpaired) electrons.